The minimum Gasteiger partial charge on any atom is -0.460 e. The Balaban J connectivity index is 1.74. The average molecular weight is 378 g/mol. The summed E-state index contributed by atoms with van der Waals surface area (Å²) in [6.45, 7) is 1.95. The highest BCUT2D eigenvalue weighted by Crippen LogP contribution is 2.21. The Bertz CT molecular complexity index is 1110. The highest BCUT2D eigenvalue weighted by molar-refractivity contribution is 6.02. The van der Waals surface area contributed by atoms with E-state index in [0.29, 0.717) is 17.2 Å². The molecular formula is C21H18N2O5. The first-order chi connectivity index (χ1) is 13.5. The summed E-state index contributed by atoms with van der Waals surface area (Å²) >= 11 is 0. The number of ether oxygens (including phenoxy) is 2. The van der Waals surface area contributed by atoms with Gasteiger partial charge in [-0.2, -0.15) is 5.10 Å². The summed E-state index contributed by atoms with van der Waals surface area (Å²) in [6, 6.07) is 16.1. The van der Waals surface area contributed by atoms with Gasteiger partial charge < -0.3 is 9.47 Å². The second kappa shape index (κ2) is 7.26. The van der Waals surface area contributed by atoms with Crippen LogP contribution in [0.25, 0.3) is 10.8 Å². The van der Waals surface area contributed by atoms with E-state index in [4.69, 9.17) is 9.47 Å². The van der Waals surface area contributed by atoms with Crippen LogP contribution >= 0.6 is 0 Å². The van der Waals surface area contributed by atoms with Crippen LogP contribution in [0.1, 0.15) is 29.4 Å². The number of cyclic esters (lactones) is 1. The number of benzene rings is 2. The molecule has 1 saturated heterocycles. The topological polar surface area (TPSA) is 87.5 Å². The van der Waals surface area contributed by atoms with Gasteiger partial charge in [0.15, 0.2) is 5.69 Å². The van der Waals surface area contributed by atoms with Gasteiger partial charge in [0, 0.05) is 11.8 Å². The molecule has 1 aliphatic rings. The van der Waals surface area contributed by atoms with Crippen LogP contribution in [0.15, 0.2) is 59.4 Å². The lowest BCUT2D eigenvalue weighted by Crippen LogP contribution is -2.29. The molecule has 1 aliphatic heterocycles. The van der Waals surface area contributed by atoms with Crippen LogP contribution in [0.2, 0.25) is 0 Å². The quantitative estimate of drug-likeness (QED) is 0.648. The number of nitrogens with zero attached hydrogens (tertiary/aromatic N) is 2. The lowest BCUT2D eigenvalue weighted by molar-refractivity contribution is -0.147. The third-order valence-corrected chi connectivity index (χ3v) is 4.61. The Morgan fingerprint density at radius 1 is 1.11 bits per heavy atom. The van der Waals surface area contributed by atoms with Crippen LogP contribution in [0.5, 0.6) is 0 Å². The fraction of sp³-hybridized carbons (Fsp3) is 0.238. The second-order valence-corrected chi connectivity index (χ2v) is 6.72. The Hall–Kier alpha value is -3.48. The third kappa shape index (κ3) is 3.38. The van der Waals surface area contributed by atoms with E-state index in [2.05, 4.69) is 5.10 Å². The van der Waals surface area contributed by atoms with Crippen LogP contribution in [0.4, 0.5) is 0 Å². The van der Waals surface area contributed by atoms with Gasteiger partial charge in [-0.25, -0.2) is 14.3 Å². The lowest BCUT2D eigenvalue weighted by atomic mass is 10.1. The van der Waals surface area contributed by atoms with Gasteiger partial charge in [0.25, 0.3) is 5.56 Å². The molecule has 7 heteroatoms. The zero-order valence-electron chi connectivity index (χ0n) is 15.2. The van der Waals surface area contributed by atoms with Crippen LogP contribution in [-0.4, -0.2) is 33.9 Å². The molecule has 142 valence electrons. The first-order valence-corrected chi connectivity index (χ1v) is 8.98. The number of hydrogen-bond acceptors (Lipinski definition) is 6. The molecule has 0 amide bonds. The zero-order valence-corrected chi connectivity index (χ0v) is 15.2. The van der Waals surface area contributed by atoms with Crippen LogP contribution in [0, 0.1) is 0 Å². The van der Waals surface area contributed by atoms with Gasteiger partial charge in [-0.05, 0) is 18.6 Å². The highest BCUT2D eigenvalue weighted by atomic mass is 16.6. The van der Waals surface area contributed by atoms with Crippen molar-refractivity contribution >= 4 is 22.7 Å². The highest BCUT2D eigenvalue weighted by Gasteiger charge is 2.36. The Labute approximate surface area is 160 Å². The van der Waals surface area contributed by atoms with Gasteiger partial charge in [0.05, 0.1) is 11.9 Å². The van der Waals surface area contributed by atoms with E-state index in [0.717, 1.165) is 5.56 Å². The lowest BCUT2D eigenvalue weighted by Gasteiger charge is -2.12. The minimum absolute atomic E-state index is 0.00140. The Kier molecular flexibility index (Phi) is 4.65. The van der Waals surface area contributed by atoms with E-state index in [9.17, 15) is 14.4 Å². The SMILES string of the molecule is C[C@@H]1C[C@@H](OC(=O)c2nn(Cc3ccccc3)c(=O)c3ccccc23)C(=O)O1. The van der Waals surface area contributed by atoms with Gasteiger partial charge >= 0.3 is 11.9 Å². The van der Waals surface area contributed by atoms with Crippen molar-refractivity contribution in [3.05, 3.63) is 76.2 Å². The van der Waals surface area contributed by atoms with Crippen LogP contribution in [-0.2, 0) is 20.8 Å². The van der Waals surface area contributed by atoms with E-state index >= 15 is 0 Å². The predicted molar refractivity (Wildman–Crippen MR) is 101 cm³/mol. The molecule has 1 fully saturated rings. The summed E-state index contributed by atoms with van der Waals surface area (Å²) in [5, 5.41) is 5.01. The smallest absolute Gasteiger partial charge is 0.360 e. The number of carbonyl (C=O) groups excluding carboxylic acids is 2. The van der Waals surface area contributed by atoms with Gasteiger partial charge in [0.1, 0.15) is 6.10 Å². The van der Waals surface area contributed by atoms with Crippen LogP contribution in [0.3, 0.4) is 0 Å². The molecule has 0 aliphatic carbocycles. The van der Waals surface area contributed by atoms with Crippen molar-refractivity contribution in [1.82, 2.24) is 9.78 Å². The molecule has 0 radical (unpaired) electrons. The zero-order chi connectivity index (χ0) is 19.7. The molecule has 0 N–H and O–H groups in total. The molecule has 28 heavy (non-hydrogen) atoms. The van der Waals surface area contributed by atoms with E-state index in [-0.39, 0.29) is 23.9 Å². The summed E-state index contributed by atoms with van der Waals surface area (Å²) in [5.41, 5.74) is 0.572. The molecule has 0 saturated carbocycles. The number of esters is 2. The Morgan fingerprint density at radius 2 is 1.79 bits per heavy atom. The molecule has 0 bridgehead atoms. The van der Waals surface area contributed by atoms with Crippen molar-refractivity contribution < 1.29 is 19.1 Å². The molecule has 2 aromatic carbocycles. The molecular weight excluding hydrogens is 360 g/mol. The fourth-order valence-electron chi connectivity index (χ4n) is 3.25. The van der Waals surface area contributed by atoms with Crippen molar-refractivity contribution in [2.24, 2.45) is 0 Å². The summed E-state index contributed by atoms with van der Waals surface area (Å²) < 4.78 is 11.6. The first kappa shape index (κ1) is 17.9. The first-order valence-electron chi connectivity index (χ1n) is 8.98. The van der Waals surface area contributed by atoms with E-state index in [1.807, 2.05) is 30.3 Å². The number of rotatable bonds is 4. The number of fused-ring (bicyclic) bond motifs is 1. The third-order valence-electron chi connectivity index (χ3n) is 4.61. The van der Waals surface area contributed by atoms with Gasteiger partial charge in [-0.3, -0.25) is 4.79 Å². The molecule has 3 aromatic rings. The molecule has 0 unspecified atom stereocenters. The number of aromatic nitrogens is 2. The standard InChI is InChI=1S/C21H18N2O5/c1-13-11-17(20(25)27-13)28-21(26)18-15-9-5-6-10-16(15)19(24)23(22-18)12-14-7-3-2-4-8-14/h2-10,13,17H,11-12H2,1H3/t13-,17-/m1/s1. The van der Waals surface area contributed by atoms with Gasteiger partial charge in [0.2, 0.25) is 6.10 Å². The van der Waals surface area contributed by atoms with E-state index in [1.54, 1.807) is 31.2 Å². The maximum atomic E-state index is 12.8. The normalized spacial score (nSPS) is 18.8. The summed E-state index contributed by atoms with van der Waals surface area (Å²) in [7, 11) is 0. The molecule has 1 aromatic heterocycles. The fourth-order valence-corrected chi connectivity index (χ4v) is 3.25. The van der Waals surface area contributed by atoms with Crippen molar-refractivity contribution in [2.75, 3.05) is 0 Å². The van der Waals surface area contributed by atoms with E-state index in [1.165, 1.54) is 4.68 Å². The van der Waals surface area contributed by atoms with Gasteiger partial charge in [-0.1, -0.05) is 48.5 Å². The van der Waals surface area contributed by atoms with Crippen molar-refractivity contribution in [3.8, 4) is 0 Å². The van der Waals surface area contributed by atoms with Crippen molar-refractivity contribution in [2.45, 2.75) is 32.1 Å². The predicted octanol–water partition coefficient (Wildman–Crippen LogP) is 2.31. The molecule has 7 nitrogen and oxygen atoms in total. The molecule has 0 spiro atoms. The molecule has 2 atom stereocenters. The largest absolute Gasteiger partial charge is 0.460 e. The van der Waals surface area contributed by atoms with Crippen molar-refractivity contribution in [1.29, 1.82) is 0 Å². The summed E-state index contributed by atoms with van der Waals surface area (Å²) in [5.74, 6) is -1.32. The van der Waals surface area contributed by atoms with E-state index < -0.39 is 18.0 Å². The van der Waals surface area contributed by atoms with Crippen LogP contribution < -0.4 is 5.56 Å². The van der Waals surface area contributed by atoms with Crippen molar-refractivity contribution in [3.63, 3.8) is 0 Å². The average Bonchev–Trinajstić information content (AvgIpc) is 3.01. The second-order valence-electron chi connectivity index (χ2n) is 6.72. The monoisotopic (exact) mass is 378 g/mol. The summed E-state index contributed by atoms with van der Waals surface area (Å²) in [4.78, 5) is 37.4. The maximum Gasteiger partial charge on any atom is 0.360 e. The number of carbonyl (C=O) groups is 2. The number of hydrogen-bond donors (Lipinski definition) is 0. The molecule has 4 rings (SSSR count). The Morgan fingerprint density at radius 3 is 2.46 bits per heavy atom. The minimum atomic E-state index is -0.961. The van der Waals surface area contributed by atoms with Gasteiger partial charge in [-0.15, -0.1) is 0 Å². The molecule has 2 heterocycles. The maximum absolute atomic E-state index is 12.8. The summed E-state index contributed by atoms with van der Waals surface area (Å²) in [6.07, 6.45) is -0.966.